The van der Waals surface area contributed by atoms with Crippen LogP contribution in [0, 0.1) is 0 Å². The summed E-state index contributed by atoms with van der Waals surface area (Å²) in [4.78, 5) is 2.65. The Morgan fingerprint density at radius 2 is 1.18 bits per heavy atom. The van der Waals surface area contributed by atoms with Crippen molar-refractivity contribution < 1.29 is 0 Å². The van der Waals surface area contributed by atoms with Crippen molar-refractivity contribution in [1.29, 1.82) is 0 Å². The van der Waals surface area contributed by atoms with Crippen molar-refractivity contribution in [1.82, 2.24) is 13.7 Å². The molecule has 4 aromatic heterocycles. The minimum Gasteiger partial charge on any atom is -0.331 e. The van der Waals surface area contributed by atoms with Gasteiger partial charge in [-0.15, -0.1) is 0 Å². The lowest BCUT2D eigenvalue weighted by atomic mass is 9.86. The second-order valence-electron chi connectivity index (χ2n) is 15.6. The maximum Gasteiger partial charge on any atom is 0.102 e. The first kappa shape index (κ1) is 31.4. The van der Waals surface area contributed by atoms with Crippen LogP contribution in [-0.2, 0) is 0 Å². The predicted octanol–water partition coefficient (Wildman–Crippen LogP) is 14.0. The maximum atomic E-state index is 2.65. The Bertz CT molecular complexity index is 3370. The van der Waals surface area contributed by atoms with Crippen LogP contribution in [0.4, 0.5) is 10.7 Å². The third kappa shape index (κ3) is 4.27. The summed E-state index contributed by atoms with van der Waals surface area (Å²) < 4.78 is 7.69. The fourth-order valence-electron chi connectivity index (χ4n) is 10.5. The Labute approximate surface area is 333 Å². The fourth-order valence-corrected chi connectivity index (χ4v) is 11.5. The number of aromatic nitrogens is 3. The number of fused-ring (bicyclic) bond motifs is 14. The highest BCUT2D eigenvalue weighted by atomic mass is 32.1. The normalized spacial score (nSPS) is 18.4. The number of hydrogen-bond acceptors (Lipinski definition) is 2. The highest BCUT2D eigenvalue weighted by Gasteiger charge is 2.44. The van der Waals surface area contributed by atoms with Gasteiger partial charge >= 0.3 is 0 Å². The number of nitrogens with zero attached hydrogens (tertiary/aromatic N) is 4. The fraction of sp³-hybridized carbons (Fsp3) is 0.0769. The topological polar surface area (TPSA) is 18.0 Å². The summed E-state index contributed by atoms with van der Waals surface area (Å²) in [5.41, 5.74) is 12.8. The van der Waals surface area contributed by atoms with Gasteiger partial charge in [-0.05, 0) is 60.5 Å². The predicted molar refractivity (Wildman–Crippen MR) is 240 cm³/mol. The van der Waals surface area contributed by atoms with Crippen LogP contribution in [0.15, 0.2) is 182 Å². The molecule has 3 aliphatic rings. The standard InChI is InChI=1S/C52H36N4S/c1-3-15-33(16-4-1)53-43-23-11-7-19-35(43)39-27-29-41-37-21-9-13-25-45(37)55(51(41)49(39)53)47-31-32-48(57-47)56-46-26-14-10-22-38(46)42-30-28-40-36-20-8-12-24-44(36)54(50(40)52(42)56)34-17-5-2-6-18-34/h1-17,19-32,34,41,51H,18H2. The SMILES string of the molecule is C1=CCC(n2c3ccccc3c3ccc4c5ccccc5n(-c5ccc(N6c7ccccc7C7C=Cc8c(n(-c9ccccc9)c9ccccc89)C76)s5)c4c32)C=C1. The zero-order valence-electron chi connectivity index (χ0n) is 31.0. The van der Waals surface area contributed by atoms with Crippen LogP contribution >= 0.6 is 11.3 Å². The van der Waals surface area contributed by atoms with Crippen molar-refractivity contribution in [3.8, 4) is 10.7 Å². The summed E-state index contributed by atoms with van der Waals surface area (Å²) in [6.07, 6.45) is 14.9. The first-order chi connectivity index (χ1) is 28.3. The highest BCUT2D eigenvalue weighted by Crippen LogP contribution is 2.58. The number of anilines is 2. The van der Waals surface area contributed by atoms with E-state index < -0.39 is 0 Å². The van der Waals surface area contributed by atoms with Crippen LogP contribution in [0.2, 0.25) is 0 Å². The smallest absolute Gasteiger partial charge is 0.102 e. The van der Waals surface area contributed by atoms with Gasteiger partial charge in [0, 0.05) is 55.3 Å². The number of allylic oxidation sites excluding steroid dienone is 4. The second-order valence-corrected chi connectivity index (χ2v) is 16.6. The number of thiophene rings is 1. The largest absolute Gasteiger partial charge is 0.331 e. The van der Waals surface area contributed by atoms with Gasteiger partial charge in [-0.3, -0.25) is 4.57 Å². The molecule has 0 saturated carbocycles. The average molecular weight is 749 g/mol. The van der Waals surface area contributed by atoms with Gasteiger partial charge in [0.15, 0.2) is 0 Å². The molecule has 57 heavy (non-hydrogen) atoms. The van der Waals surface area contributed by atoms with Crippen molar-refractivity contribution in [3.63, 3.8) is 0 Å². The van der Waals surface area contributed by atoms with Gasteiger partial charge in [-0.1, -0.05) is 151 Å². The Hall–Kier alpha value is -6.82. The molecular formula is C52H36N4S. The van der Waals surface area contributed by atoms with Gasteiger partial charge in [0.2, 0.25) is 0 Å². The second kappa shape index (κ2) is 11.8. The van der Waals surface area contributed by atoms with Crippen molar-refractivity contribution in [2.45, 2.75) is 24.4 Å². The van der Waals surface area contributed by atoms with Crippen LogP contribution in [0.3, 0.4) is 0 Å². The molecule has 4 nitrogen and oxygen atoms in total. The Kier molecular flexibility index (Phi) is 6.52. The molecule has 270 valence electrons. The first-order valence-electron chi connectivity index (χ1n) is 20.0. The Morgan fingerprint density at radius 1 is 0.509 bits per heavy atom. The maximum absolute atomic E-state index is 2.65. The molecule has 2 aliphatic carbocycles. The van der Waals surface area contributed by atoms with Crippen LogP contribution in [0.25, 0.3) is 71.3 Å². The zero-order chi connectivity index (χ0) is 37.2. The zero-order valence-corrected chi connectivity index (χ0v) is 31.9. The van der Waals surface area contributed by atoms with E-state index in [4.69, 9.17) is 0 Å². The molecule has 13 rings (SSSR count). The molecule has 10 aromatic rings. The molecule has 0 fully saturated rings. The molecule has 0 amide bonds. The molecule has 5 heteroatoms. The Morgan fingerprint density at radius 3 is 1.98 bits per heavy atom. The minimum absolute atomic E-state index is 0.0834. The van der Waals surface area contributed by atoms with E-state index in [0.29, 0.717) is 0 Å². The molecule has 3 unspecified atom stereocenters. The van der Waals surface area contributed by atoms with E-state index >= 15 is 0 Å². The van der Waals surface area contributed by atoms with Crippen molar-refractivity contribution in [3.05, 3.63) is 199 Å². The highest BCUT2D eigenvalue weighted by molar-refractivity contribution is 7.18. The number of para-hydroxylation sites is 5. The summed E-state index contributed by atoms with van der Waals surface area (Å²) in [6, 6.07) is 56.6. The monoisotopic (exact) mass is 748 g/mol. The van der Waals surface area contributed by atoms with Crippen molar-refractivity contribution in [2.75, 3.05) is 4.90 Å². The van der Waals surface area contributed by atoms with E-state index in [9.17, 15) is 0 Å². The molecule has 0 N–H and O–H groups in total. The summed E-state index contributed by atoms with van der Waals surface area (Å²) in [5.74, 6) is 0.215. The average Bonchev–Trinajstić information content (AvgIpc) is 4.09. The lowest BCUT2D eigenvalue weighted by Gasteiger charge is -2.32. The lowest BCUT2D eigenvalue weighted by Crippen LogP contribution is -2.25. The van der Waals surface area contributed by atoms with Gasteiger partial charge in [0.25, 0.3) is 0 Å². The van der Waals surface area contributed by atoms with Crippen molar-refractivity contribution >= 4 is 82.6 Å². The number of benzene rings is 6. The summed E-state index contributed by atoms with van der Waals surface area (Å²) >= 11 is 1.90. The quantitative estimate of drug-likeness (QED) is 0.175. The van der Waals surface area contributed by atoms with Crippen LogP contribution < -0.4 is 4.90 Å². The molecule has 1 aliphatic heterocycles. The first-order valence-corrected chi connectivity index (χ1v) is 20.8. The molecule has 3 atom stereocenters. The lowest BCUT2D eigenvalue weighted by molar-refractivity contribution is 0.639. The summed E-state index contributed by atoms with van der Waals surface area (Å²) in [7, 11) is 0. The van der Waals surface area contributed by atoms with Crippen LogP contribution in [-0.4, -0.2) is 13.7 Å². The van der Waals surface area contributed by atoms with Crippen LogP contribution in [0.1, 0.15) is 41.2 Å². The Balaban J connectivity index is 1.07. The van der Waals surface area contributed by atoms with Crippen molar-refractivity contribution in [2.24, 2.45) is 0 Å². The number of rotatable bonds is 4. The van der Waals surface area contributed by atoms with Gasteiger partial charge in [-0.2, -0.15) is 0 Å². The van der Waals surface area contributed by atoms with Gasteiger partial charge in [-0.25, -0.2) is 0 Å². The third-order valence-electron chi connectivity index (χ3n) is 12.7. The van der Waals surface area contributed by atoms with E-state index in [-0.39, 0.29) is 18.0 Å². The minimum atomic E-state index is 0.0834. The molecule has 0 bridgehead atoms. The van der Waals surface area contributed by atoms with E-state index in [1.165, 1.54) is 92.7 Å². The molecule has 5 heterocycles. The van der Waals surface area contributed by atoms with E-state index in [1.807, 2.05) is 11.3 Å². The molecule has 0 saturated heterocycles. The third-order valence-corrected chi connectivity index (χ3v) is 13.8. The van der Waals surface area contributed by atoms with E-state index in [2.05, 4.69) is 207 Å². The molecule has 6 aromatic carbocycles. The van der Waals surface area contributed by atoms with Crippen LogP contribution in [0.5, 0.6) is 0 Å². The van der Waals surface area contributed by atoms with Gasteiger partial charge in [0.1, 0.15) is 5.00 Å². The molecule has 0 radical (unpaired) electrons. The number of hydrogen-bond donors (Lipinski definition) is 0. The summed E-state index contributed by atoms with van der Waals surface area (Å²) in [6.45, 7) is 0. The van der Waals surface area contributed by atoms with E-state index in [1.54, 1.807) is 0 Å². The van der Waals surface area contributed by atoms with Gasteiger partial charge < -0.3 is 14.0 Å². The molecule has 0 spiro atoms. The van der Waals surface area contributed by atoms with E-state index in [0.717, 1.165) is 6.42 Å². The molecular weight excluding hydrogens is 713 g/mol. The summed E-state index contributed by atoms with van der Waals surface area (Å²) in [5, 5.41) is 8.92. The van der Waals surface area contributed by atoms with Gasteiger partial charge in [0.05, 0.1) is 44.8 Å².